The van der Waals surface area contributed by atoms with Gasteiger partial charge in [-0.3, -0.25) is 0 Å². The van der Waals surface area contributed by atoms with Crippen LogP contribution in [0.25, 0.3) is 0 Å². The number of nitrogens with one attached hydrogen (secondary N) is 1. The quantitative estimate of drug-likeness (QED) is 0.807. The largest absolute Gasteiger partial charge is 0.380 e. The van der Waals surface area contributed by atoms with Crippen LogP contribution in [0.4, 0.5) is 10.1 Å². The van der Waals surface area contributed by atoms with Crippen LogP contribution in [0.1, 0.15) is 5.56 Å². The molecule has 0 spiro atoms. The second-order valence-corrected chi connectivity index (χ2v) is 5.11. The van der Waals surface area contributed by atoms with E-state index in [1.807, 2.05) is 18.4 Å². The Labute approximate surface area is 115 Å². The minimum atomic E-state index is -0.292. The molecule has 2 aromatic carbocycles. The third-order valence-electron chi connectivity index (χ3n) is 2.57. The smallest absolute Gasteiger partial charge is 0.125 e. The van der Waals surface area contributed by atoms with Gasteiger partial charge in [-0.2, -0.15) is 0 Å². The number of hydrogen-bond donors (Lipinski definition) is 1. The van der Waals surface area contributed by atoms with E-state index in [9.17, 15) is 4.39 Å². The molecule has 0 atom stereocenters. The van der Waals surface area contributed by atoms with Crippen LogP contribution in [-0.2, 0) is 6.54 Å². The molecule has 18 heavy (non-hydrogen) atoms. The highest BCUT2D eigenvalue weighted by Crippen LogP contribution is 2.23. The van der Waals surface area contributed by atoms with Crippen LogP contribution in [-0.4, -0.2) is 6.26 Å². The van der Waals surface area contributed by atoms with E-state index >= 15 is 0 Å². The van der Waals surface area contributed by atoms with E-state index in [2.05, 4.69) is 17.4 Å². The van der Waals surface area contributed by atoms with Gasteiger partial charge in [-0.25, -0.2) is 4.39 Å². The molecule has 2 aromatic rings. The number of benzene rings is 2. The highest BCUT2D eigenvalue weighted by molar-refractivity contribution is 7.98. The van der Waals surface area contributed by atoms with Gasteiger partial charge in [-0.15, -0.1) is 11.8 Å². The van der Waals surface area contributed by atoms with Gasteiger partial charge in [-0.1, -0.05) is 23.7 Å². The Kier molecular flexibility index (Phi) is 4.50. The molecule has 0 unspecified atom stereocenters. The van der Waals surface area contributed by atoms with Gasteiger partial charge < -0.3 is 5.32 Å². The third kappa shape index (κ3) is 3.40. The van der Waals surface area contributed by atoms with Gasteiger partial charge in [0.2, 0.25) is 0 Å². The minimum absolute atomic E-state index is 0.292. The molecule has 0 saturated carbocycles. The van der Waals surface area contributed by atoms with Crippen LogP contribution < -0.4 is 5.32 Å². The lowest BCUT2D eigenvalue weighted by Crippen LogP contribution is -2.00. The maximum atomic E-state index is 13.1. The van der Waals surface area contributed by atoms with Gasteiger partial charge in [0.1, 0.15) is 5.82 Å². The average Bonchev–Trinajstić information content (AvgIpc) is 2.40. The molecule has 0 bridgehead atoms. The van der Waals surface area contributed by atoms with Crippen LogP contribution in [0.15, 0.2) is 47.4 Å². The molecule has 1 N–H and O–H groups in total. The number of hydrogen-bond acceptors (Lipinski definition) is 2. The molecule has 4 heteroatoms. The first-order chi connectivity index (χ1) is 8.69. The van der Waals surface area contributed by atoms with Crippen molar-refractivity contribution in [1.29, 1.82) is 0 Å². The number of thioether (sulfide) groups is 1. The Bertz CT molecular complexity index is 528. The zero-order valence-electron chi connectivity index (χ0n) is 9.91. The van der Waals surface area contributed by atoms with E-state index in [0.717, 1.165) is 5.56 Å². The van der Waals surface area contributed by atoms with Gasteiger partial charge in [0.15, 0.2) is 0 Å². The lowest BCUT2D eigenvalue weighted by Gasteiger charge is -2.09. The van der Waals surface area contributed by atoms with Crippen molar-refractivity contribution < 1.29 is 4.39 Å². The average molecular weight is 282 g/mol. The molecular formula is C14H13ClFNS. The zero-order valence-corrected chi connectivity index (χ0v) is 11.5. The summed E-state index contributed by atoms with van der Waals surface area (Å²) in [5, 5.41) is 3.65. The fourth-order valence-corrected chi connectivity index (χ4v) is 2.17. The van der Waals surface area contributed by atoms with E-state index < -0.39 is 0 Å². The molecule has 2 rings (SSSR count). The van der Waals surface area contributed by atoms with Gasteiger partial charge in [-0.05, 0) is 42.2 Å². The molecule has 1 nitrogen and oxygen atoms in total. The summed E-state index contributed by atoms with van der Waals surface area (Å²) in [5.41, 5.74) is 1.75. The molecule has 0 aliphatic heterocycles. The molecule has 0 fully saturated rings. The van der Waals surface area contributed by atoms with E-state index in [0.29, 0.717) is 17.3 Å². The second-order valence-electron chi connectivity index (χ2n) is 3.83. The van der Waals surface area contributed by atoms with Crippen LogP contribution in [0.3, 0.4) is 0 Å². The number of halogens is 2. The summed E-state index contributed by atoms with van der Waals surface area (Å²) in [6.45, 7) is 0.623. The van der Waals surface area contributed by atoms with Crippen molar-refractivity contribution in [2.75, 3.05) is 11.6 Å². The first-order valence-electron chi connectivity index (χ1n) is 5.51. The Morgan fingerprint density at radius 1 is 1.17 bits per heavy atom. The maximum absolute atomic E-state index is 13.1. The summed E-state index contributed by atoms with van der Waals surface area (Å²) < 4.78 is 13.1. The third-order valence-corrected chi connectivity index (χ3v) is 3.64. The lowest BCUT2D eigenvalue weighted by atomic mass is 10.2. The molecule has 0 heterocycles. The van der Waals surface area contributed by atoms with Crippen LogP contribution in [0, 0.1) is 5.82 Å². The van der Waals surface area contributed by atoms with Gasteiger partial charge in [0.05, 0.1) is 10.7 Å². The van der Waals surface area contributed by atoms with Crippen molar-refractivity contribution in [2.24, 2.45) is 0 Å². The minimum Gasteiger partial charge on any atom is -0.380 e. The van der Waals surface area contributed by atoms with Gasteiger partial charge in [0, 0.05) is 11.4 Å². The molecule has 0 aliphatic rings. The fourth-order valence-electron chi connectivity index (χ4n) is 1.57. The number of rotatable bonds is 4. The predicted molar refractivity (Wildman–Crippen MR) is 77.0 cm³/mol. The first kappa shape index (κ1) is 13.2. The van der Waals surface area contributed by atoms with E-state index in [1.54, 1.807) is 17.8 Å². The Morgan fingerprint density at radius 2 is 1.89 bits per heavy atom. The van der Waals surface area contributed by atoms with E-state index in [4.69, 9.17) is 11.6 Å². The highest BCUT2D eigenvalue weighted by Gasteiger charge is 2.01. The maximum Gasteiger partial charge on any atom is 0.125 e. The number of anilines is 1. The summed E-state index contributed by atoms with van der Waals surface area (Å²) in [6, 6.07) is 12.5. The van der Waals surface area contributed by atoms with Crippen molar-refractivity contribution in [3.63, 3.8) is 0 Å². The lowest BCUT2D eigenvalue weighted by molar-refractivity contribution is 0.628. The van der Waals surface area contributed by atoms with Crippen molar-refractivity contribution >= 4 is 29.1 Å². The SMILES string of the molecule is CSc1ccc(CNc2cc(F)ccc2Cl)cc1. The van der Waals surface area contributed by atoms with Gasteiger partial charge >= 0.3 is 0 Å². The molecule has 0 aromatic heterocycles. The Balaban J connectivity index is 2.04. The normalized spacial score (nSPS) is 10.4. The predicted octanol–water partition coefficient (Wildman–Crippen LogP) is 4.81. The molecule has 0 radical (unpaired) electrons. The monoisotopic (exact) mass is 281 g/mol. The fraction of sp³-hybridized carbons (Fsp3) is 0.143. The first-order valence-corrected chi connectivity index (χ1v) is 7.11. The molecule has 0 saturated heterocycles. The summed E-state index contributed by atoms with van der Waals surface area (Å²) >= 11 is 7.68. The standard InChI is InChI=1S/C14H13ClFNS/c1-18-12-5-2-10(3-6-12)9-17-14-8-11(16)4-7-13(14)15/h2-8,17H,9H2,1H3. The summed E-state index contributed by atoms with van der Waals surface area (Å²) in [7, 11) is 0. The van der Waals surface area contributed by atoms with Crippen molar-refractivity contribution in [1.82, 2.24) is 0 Å². The molecule has 94 valence electrons. The zero-order chi connectivity index (χ0) is 13.0. The van der Waals surface area contributed by atoms with Gasteiger partial charge in [0.25, 0.3) is 0 Å². The summed E-state index contributed by atoms with van der Waals surface area (Å²) in [6.07, 6.45) is 2.04. The van der Waals surface area contributed by atoms with Crippen LogP contribution >= 0.6 is 23.4 Å². The molecular weight excluding hydrogens is 269 g/mol. The topological polar surface area (TPSA) is 12.0 Å². The van der Waals surface area contributed by atoms with Crippen LogP contribution in [0.5, 0.6) is 0 Å². The van der Waals surface area contributed by atoms with Crippen molar-refractivity contribution in [2.45, 2.75) is 11.4 Å². The Morgan fingerprint density at radius 3 is 2.56 bits per heavy atom. The van der Waals surface area contributed by atoms with Crippen molar-refractivity contribution in [3.05, 3.63) is 58.9 Å². The van der Waals surface area contributed by atoms with E-state index in [-0.39, 0.29) is 5.82 Å². The van der Waals surface area contributed by atoms with Crippen molar-refractivity contribution in [3.8, 4) is 0 Å². The van der Waals surface area contributed by atoms with Crippen LogP contribution in [0.2, 0.25) is 5.02 Å². The van der Waals surface area contributed by atoms with E-state index in [1.165, 1.54) is 17.0 Å². The highest BCUT2D eigenvalue weighted by atomic mass is 35.5. The summed E-state index contributed by atoms with van der Waals surface area (Å²) in [5.74, 6) is -0.292. The Hall–Kier alpha value is -1.19. The second kappa shape index (κ2) is 6.12. The summed E-state index contributed by atoms with van der Waals surface area (Å²) in [4.78, 5) is 1.22. The molecule has 0 aliphatic carbocycles. The molecule has 0 amide bonds.